The van der Waals surface area contributed by atoms with Gasteiger partial charge in [0.1, 0.15) is 0 Å². The number of anilines is 1. The lowest BCUT2D eigenvalue weighted by atomic mass is 9.99. The van der Waals surface area contributed by atoms with E-state index in [1.165, 1.54) is 11.1 Å². The van der Waals surface area contributed by atoms with Crippen molar-refractivity contribution in [3.63, 3.8) is 0 Å². The van der Waals surface area contributed by atoms with Crippen LogP contribution in [0.15, 0.2) is 42.5 Å². The molecule has 21 heavy (non-hydrogen) atoms. The summed E-state index contributed by atoms with van der Waals surface area (Å²) in [5.74, 6) is 1.17. The molecule has 0 saturated heterocycles. The SMILES string of the molecule is COc1ccc(NC(C)c2ccc(C(C)C)cc2)cc1O. The minimum absolute atomic E-state index is 0.143. The fourth-order valence-electron chi connectivity index (χ4n) is 2.28. The van der Waals surface area contributed by atoms with Gasteiger partial charge in [0.2, 0.25) is 0 Å². The Labute approximate surface area is 126 Å². The van der Waals surface area contributed by atoms with Gasteiger partial charge in [-0.1, -0.05) is 38.1 Å². The first-order valence-corrected chi connectivity index (χ1v) is 7.24. The van der Waals surface area contributed by atoms with Crippen LogP contribution in [0.1, 0.15) is 43.9 Å². The Kier molecular flexibility index (Phi) is 4.73. The molecule has 2 aromatic carbocycles. The summed E-state index contributed by atoms with van der Waals surface area (Å²) in [6, 6.07) is 14.1. The Bertz CT molecular complexity index is 591. The zero-order valence-corrected chi connectivity index (χ0v) is 13.1. The maximum Gasteiger partial charge on any atom is 0.160 e. The number of benzene rings is 2. The predicted molar refractivity (Wildman–Crippen MR) is 87.2 cm³/mol. The quantitative estimate of drug-likeness (QED) is 0.837. The lowest BCUT2D eigenvalue weighted by Gasteiger charge is -2.17. The molecule has 3 heteroatoms. The third-order valence-electron chi connectivity index (χ3n) is 3.67. The van der Waals surface area contributed by atoms with E-state index in [1.54, 1.807) is 19.2 Å². The van der Waals surface area contributed by atoms with Gasteiger partial charge in [-0.25, -0.2) is 0 Å². The van der Waals surface area contributed by atoms with Crippen molar-refractivity contribution in [2.45, 2.75) is 32.7 Å². The second-order valence-corrected chi connectivity index (χ2v) is 5.57. The van der Waals surface area contributed by atoms with Crippen LogP contribution in [-0.2, 0) is 0 Å². The van der Waals surface area contributed by atoms with Gasteiger partial charge in [0.15, 0.2) is 11.5 Å². The van der Waals surface area contributed by atoms with Gasteiger partial charge in [0, 0.05) is 17.8 Å². The van der Waals surface area contributed by atoms with Crippen LogP contribution in [0.25, 0.3) is 0 Å². The molecule has 0 aliphatic heterocycles. The number of ether oxygens (including phenoxy) is 1. The molecule has 0 aliphatic carbocycles. The normalized spacial score (nSPS) is 12.2. The lowest BCUT2D eigenvalue weighted by Crippen LogP contribution is -2.06. The maximum atomic E-state index is 9.81. The average molecular weight is 285 g/mol. The smallest absolute Gasteiger partial charge is 0.160 e. The number of phenolic OH excluding ortho intramolecular Hbond substituents is 1. The summed E-state index contributed by atoms with van der Waals surface area (Å²) in [6.07, 6.45) is 0. The van der Waals surface area contributed by atoms with Crippen molar-refractivity contribution >= 4 is 5.69 Å². The summed E-state index contributed by atoms with van der Waals surface area (Å²) in [6.45, 7) is 6.49. The minimum atomic E-state index is 0.143. The van der Waals surface area contributed by atoms with Gasteiger partial charge in [0.25, 0.3) is 0 Å². The molecule has 0 fully saturated rings. The Morgan fingerprint density at radius 3 is 2.10 bits per heavy atom. The molecule has 0 amide bonds. The molecule has 1 unspecified atom stereocenters. The van der Waals surface area contributed by atoms with Gasteiger partial charge in [-0.15, -0.1) is 0 Å². The van der Waals surface area contributed by atoms with Gasteiger partial charge in [-0.2, -0.15) is 0 Å². The Hall–Kier alpha value is -2.16. The van der Waals surface area contributed by atoms with Crippen molar-refractivity contribution < 1.29 is 9.84 Å². The Morgan fingerprint density at radius 1 is 0.952 bits per heavy atom. The number of rotatable bonds is 5. The van der Waals surface area contributed by atoms with E-state index in [1.807, 2.05) is 6.07 Å². The number of nitrogens with one attached hydrogen (secondary N) is 1. The first-order chi connectivity index (χ1) is 10.0. The van der Waals surface area contributed by atoms with Gasteiger partial charge < -0.3 is 15.2 Å². The van der Waals surface area contributed by atoms with Gasteiger partial charge in [0.05, 0.1) is 7.11 Å². The molecule has 2 aromatic rings. The van der Waals surface area contributed by atoms with Crippen LogP contribution in [0, 0.1) is 0 Å². The van der Waals surface area contributed by atoms with Crippen molar-refractivity contribution in [1.29, 1.82) is 0 Å². The molecule has 0 aromatic heterocycles. The van der Waals surface area contributed by atoms with Gasteiger partial charge in [-0.3, -0.25) is 0 Å². The molecule has 3 nitrogen and oxygen atoms in total. The highest BCUT2D eigenvalue weighted by molar-refractivity contribution is 5.55. The largest absolute Gasteiger partial charge is 0.504 e. The summed E-state index contributed by atoms with van der Waals surface area (Å²) in [7, 11) is 1.54. The predicted octanol–water partition coefficient (Wildman–Crippen LogP) is 4.70. The molecule has 2 N–H and O–H groups in total. The summed E-state index contributed by atoms with van der Waals surface area (Å²) < 4.78 is 5.05. The minimum Gasteiger partial charge on any atom is -0.504 e. The number of hydrogen-bond acceptors (Lipinski definition) is 3. The number of phenols is 1. The van der Waals surface area contributed by atoms with Crippen LogP contribution >= 0.6 is 0 Å². The van der Waals surface area contributed by atoms with Crippen LogP contribution < -0.4 is 10.1 Å². The first kappa shape index (κ1) is 15.2. The van der Waals surface area contributed by atoms with E-state index in [-0.39, 0.29) is 11.8 Å². The van der Waals surface area contributed by atoms with E-state index in [0.29, 0.717) is 11.7 Å². The molecule has 0 bridgehead atoms. The number of methoxy groups -OCH3 is 1. The van der Waals surface area contributed by atoms with Crippen LogP contribution in [0.5, 0.6) is 11.5 Å². The second-order valence-electron chi connectivity index (χ2n) is 5.57. The number of aromatic hydroxyl groups is 1. The Balaban J connectivity index is 2.10. The molecular weight excluding hydrogens is 262 g/mol. The summed E-state index contributed by atoms with van der Waals surface area (Å²) in [4.78, 5) is 0. The molecule has 0 radical (unpaired) electrons. The van der Waals surface area contributed by atoms with Crippen molar-refractivity contribution in [1.82, 2.24) is 0 Å². The van der Waals surface area contributed by atoms with E-state index in [0.717, 1.165) is 5.69 Å². The molecule has 2 rings (SSSR count). The first-order valence-electron chi connectivity index (χ1n) is 7.24. The van der Waals surface area contributed by atoms with Crippen LogP contribution in [-0.4, -0.2) is 12.2 Å². The molecule has 0 heterocycles. The van der Waals surface area contributed by atoms with Crippen molar-refractivity contribution in [3.8, 4) is 11.5 Å². The van der Waals surface area contributed by atoms with Crippen molar-refractivity contribution in [3.05, 3.63) is 53.6 Å². The summed E-state index contributed by atoms with van der Waals surface area (Å²) >= 11 is 0. The fraction of sp³-hybridized carbons (Fsp3) is 0.333. The fourth-order valence-corrected chi connectivity index (χ4v) is 2.28. The number of hydrogen-bond donors (Lipinski definition) is 2. The molecule has 0 aliphatic rings. The van der Waals surface area contributed by atoms with Crippen LogP contribution in [0.4, 0.5) is 5.69 Å². The van der Waals surface area contributed by atoms with E-state index in [2.05, 4.69) is 50.4 Å². The van der Waals surface area contributed by atoms with Gasteiger partial charge >= 0.3 is 0 Å². The van der Waals surface area contributed by atoms with Gasteiger partial charge in [-0.05, 0) is 36.1 Å². The summed E-state index contributed by atoms with van der Waals surface area (Å²) in [5.41, 5.74) is 3.43. The van der Waals surface area contributed by atoms with Crippen molar-refractivity contribution in [2.24, 2.45) is 0 Å². The van der Waals surface area contributed by atoms with E-state index < -0.39 is 0 Å². The average Bonchev–Trinajstić information content (AvgIpc) is 2.47. The lowest BCUT2D eigenvalue weighted by molar-refractivity contribution is 0.373. The molecule has 112 valence electrons. The second kappa shape index (κ2) is 6.53. The Morgan fingerprint density at radius 2 is 1.57 bits per heavy atom. The van der Waals surface area contributed by atoms with E-state index in [9.17, 15) is 5.11 Å². The van der Waals surface area contributed by atoms with E-state index in [4.69, 9.17) is 4.74 Å². The highest BCUT2D eigenvalue weighted by Gasteiger charge is 2.08. The highest BCUT2D eigenvalue weighted by Crippen LogP contribution is 2.30. The monoisotopic (exact) mass is 285 g/mol. The third-order valence-corrected chi connectivity index (χ3v) is 3.67. The van der Waals surface area contributed by atoms with E-state index >= 15 is 0 Å². The molecule has 1 atom stereocenters. The third kappa shape index (κ3) is 3.69. The zero-order valence-electron chi connectivity index (χ0n) is 13.1. The zero-order chi connectivity index (χ0) is 15.4. The topological polar surface area (TPSA) is 41.5 Å². The standard InChI is InChI=1S/C18H23NO2/c1-12(2)14-5-7-15(8-6-14)13(3)19-16-9-10-18(21-4)17(20)11-16/h5-13,19-20H,1-4H3. The van der Waals surface area contributed by atoms with Crippen LogP contribution in [0.3, 0.4) is 0 Å². The molecule has 0 saturated carbocycles. The van der Waals surface area contributed by atoms with Crippen molar-refractivity contribution in [2.75, 3.05) is 12.4 Å². The highest BCUT2D eigenvalue weighted by atomic mass is 16.5. The molecular formula is C18H23NO2. The molecule has 0 spiro atoms. The van der Waals surface area contributed by atoms with Crippen LogP contribution in [0.2, 0.25) is 0 Å². The summed E-state index contributed by atoms with van der Waals surface area (Å²) in [5, 5.41) is 13.2. The maximum absolute atomic E-state index is 9.81.